The topological polar surface area (TPSA) is 93.5 Å². The number of nitrogens with two attached hydrogens (primary N) is 1. The van der Waals surface area contributed by atoms with Gasteiger partial charge in [0.05, 0.1) is 18.8 Å². The third-order valence-electron chi connectivity index (χ3n) is 4.64. The molecule has 146 valence electrons. The van der Waals surface area contributed by atoms with Crippen LogP contribution in [0.1, 0.15) is 51.9 Å². The molecule has 1 saturated carbocycles. The molecule has 26 heavy (non-hydrogen) atoms. The number of nitrogens with one attached hydrogen (secondary N) is 2. The second-order valence-electron chi connectivity index (χ2n) is 6.62. The zero-order valence-electron chi connectivity index (χ0n) is 15.5. The maximum absolute atomic E-state index is 12.5. The second kappa shape index (κ2) is 11.0. The van der Waals surface area contributed by atoms with Crippen LogP contribution >= 0.6 is 12.4 Å². The van der Waals surface area contributed by atoms with Crippen molar-refractivity contribution in [3.8, 4) is 5.75 Å². The molecule has 0 aromatic heterocycles. The number of hydrogen-bond donors (Lipinski definition) is 3. The van der Waals surface area contributed by atoms with Crippen LogP contribution < -0.4 is 21.1 Å². The van der Waals surface area contributed by atoms with Gasteiger partial charge >= 0.3 is 0 Å². The summed E-state index contributed by atoms with van der Waals surface area (Å²) in [6, 6.07) is 4.66. The number of amides is 2. The lowest BCUT2D eigenvalue weighted by Gasteiger charge is -2.21. The molecule has 0 aliphatic heterocycles. The number of benzene rings is 1. The maximum Gasteiger partial charge on any atom is 0.241 e. The number of anilines is 2. The van der Waals surface area contributed by atoms with Crippen molar-refractivity contribution in [2.75, 3.05) is 17.7 Å². The third kappa shape index (κ3) is 6.18. The zero-order valence-corrected chi connectivity index (χ0v) is 16.4. The average Bonchev–Trinajstić information content (AvgIpc) is 2.63. The molecule has 0 radical (unpaired) electrons. The van der Waals surface area contributed by atoms with Crippen LogP contribution in [0.25, 0.3) is 0 Å². The van der Waals surface area contributed by atoms with Crippen molar-refractivity contribution >= 4 is 35.6 Å². The number of carbonyl (C=O) groups is 2. The maximum atomic E-state index is 12.5. The number of methoxy groups -OCH3 is 1. The van der Waals surface area contributed by atoms with Crippen molar-refractivity contribution in [3.05, 3.63) is 18.2 Å². The van der Waals surface area contributed by atoms with E-state index in [0.717, 1.165) is 32.1 Å². The smallest absolute Gasteiger partial charge is 0.241 e. The van der Waals surface area contributed by atoms with Crippen LogP contribution in [0, 0.1) is 5.92 Å². The Labute approximate surface area is 161 Å². The lowest BCUT2D eigenvalue weighted by molar-refractivity contribution is -0.120. The van der Waals surface area contributed by atoms with Crippen LogP contribution in [0.2, 0.25) is 0 Å². The molecule has 7 heteroatoms. The lowest BCUT2D eigenvalue weighted by atomic mass is 9.88. The average molecular weight is 384 g/mol. The predicted octanol–water partition coefficient (Wildman–Crippen LogP) is 3.70. The molecule has 6 nitrogen and oxygen atoms in total. The van der Waals surface area contributed by atoms with Crippen molar-refractivity contribution in [1.29, 1.82) is 0 Å². The van der Waals surface area contributed by atoms with Crippen molar-refractivity contribution in [3.63, 3.8) is 0 Å². The summed E-state index contributed by atoms with van der Waals surface area (Å²) in [5.41, 5.74) is 7.00. The summed E-state index contributed by atoms with van der Waals surface area (Å²) in [6.45, 7) is 1.99. The van der Waals surface area contributed by atoms with Gasteiger partial charge in [-0.15, -0.1) is 12.4 Å². The summed E-state index contributed by atoms with van der Waals surface area (Å²) >= 11 is 0. The van der Waals surface area contributed by atoms with Crippen molar-refractivity contribution < 1.29 is 14.3 Å². The Bertz CT molecular complexity index is 604. The Morgan fingerprint density at radius 2 is 1.92 bits per heavy atom. The minimum Gasteiger partial charge on any atom is -0.495 e. The molecule has 4 N–H and O–H groups in total. The van der Waals surface area contributed by atoms with Gasteiger partial charge in [-0.05, 0) is 37.5 Å². The van der Waals surface area contributed by atoms with Gasteiger partial charge in [0.15, 0.2) is 0 Å². The molecule has 2 amide bonds. The molecular weight excluding hydrogens is 354 g/mol. The summed E-state index contributed by atoms with van der Waals surface area (Å²) < 4.78 is 5.33. The molecule has 1 atom stereocenters. The fourth-order valence-corrected chi connectivity index (χ4v) is 3.16. The Kier molecular flexibility index (Phi) is 9.44. The van der Waals surface area contributed by atoms with E-state index in [4.69, 9.17) is 10.5 Å². The molecule has 1 unspecified atom stereocenters. The first-order valence-corrected chi connectivity index (χ1v) is 9.10. The Hall–Kier alpha value is -1.79. The standard InChI is InChI=1S/C19H29N3O3.ClH/c1-3-7-15(20)19(24)21-14-10-11-17(25-2)16(12-14)22-18(23)13-8-5-4-6-9-13;/h10-13,15H,3-9,20H2,1-2H3,(H,21,24)(H,22,23);1H. The number of hydrogen-bond acceptors (Lipinski definition) is 4. The summed E-state index contributed by atoms with van der Waals surface area (Å²) in [6.07, 6.45) is 6.73. The predicted molar refractivity (Wildman–Crippen MR) is 107 cm³/mol. The highest BCUT2D eigenvalue weighted by molar-refractivity contribution is 5.97. The van der Waals surface area contributed by atoms with Crippen molar-refractivity contribution in [2.45, 2.75) is 57.9 Å². The van der Waals surface area contributed by atoms with Gasteiger partial charge in [-0.2, -0.15) is 0 Å². The first kappa shape index (κ1) is 22.3. The largest absolute Gasteiger partial charge is 0.495 e. The quantitative estimate of drug-likeness (QED) is 0.669. The minimum absolute atomic E-state index is 0. The molecule has 1 aliphatic carbocycles. The fourth-order valence-electron chi connectivity index (χ4n) is 3.16. The normalized spacial score (nSPS) is 15.5. The van der Waals surface area contributed by atoms with E-state index < -0.39 is 6.04 Å². The van der Waals surface area contributed by atoms with Crippen molar-refractivity contribution in [1.82, 2.24) is 0 Å². The Morgan fingerprint density at radius 3 is 2.54 bits per heavy atom. The van der Waals surface area contributed by atoms with E-state index in [1.807, 2.05) is 6.92 Å². The van der Waals surface area contributed by atoms with Gasteiger partial charge in [0, 0.05) is 11.6 Å². The van der Waals surface area contributed by atoms with Gasteiger partial charge in [0.1, 0.15) is 5.75 Å². The number of carbonyl (C=O) groups excluding carboxylic acids is 2. The third-order valence-corrected chi connectivity index (χ3v) is 4.64. The monoisotopic (exact) mass is 383 g/mol. The van der Waals surface area contributed by atoms with Gasteiger partial charge < -0.3 is 21.1 Å². The van der Waals surface area contributed by atoms with Crippen LogP contribution in [0.5, 0.6) is 5.75 Å². The molecule has 0 bridgehead atoms. The van der Waals surface area contributed by atoms with Gasteiger partial charge in [0.25, 0.3) is 0 Å². The van der Waals surface area contributed by atoms with E-state index in [-0.39, 0.29) is 30.1 Å². The van der Waals surface area contributed by atoms with E-state index in [9.17, 15) is 9.59 Å². The molecule has 1 aromatic rings. The Balaban J connectivity index is 0.00000338. The summed E-state index contributed by atoms with van der Waals surface area (Å²) in [5.74, 6) is 0.412. The SMILES string of the molecule is CCCC(N)C(=O)Nc1ccc(OC)c(NC(=O)C2CCCCC2)c1.Cl. The fraction of sp³-hybridized carbons (Fsp3) is 0.579. The first-order chi connectivity index (χ1) is 12.0. The van der Waals surface area contributed by atoms with Crippen LogP contribution in [0.3, 0.4) is 0 Å². The van der Waals surface area contributed by atoms with Gasteiger partial charge in [-0.3, -0.25) is 9.59 Å². The molecule has 0 heterocycles. The van der Waals surface area contributed by atoms with Crippen molar-refractivity contribution in [2.24, 2.45) is 11.7 Å². The Morgan fingerprint density at radius 1 is 1.23 bits per heavy atom. The second-order valence-corrected chi connectivity index (χ2v) is 6.62. The molecular formula is C19H30ClN3O3. The molecule has 1 aliphatic rings. The number of ether oxygens (including phenoxy) is 1. The van der Waals surface area contributed by atoms with E-state index in [2.05, 4.69) is 10.6 Å². The molecule has 1 fully saturated rings. The highest BCUT2D eigenvalue weighted by Gasteiger charge is 2.22. The van der Waals surface area contributed by atoms with E-state index >= 15 is 0 Å². The molecule has 1 aromatic carbocycles. The highest BCUT2D eigenvalue weighted by Crippen LogP contribution is 2.30. The molecule has 0 spiro atoms. The summed E-state index contributed by atoms with van der Waals surface area (Å²) in [4.78, 5) is 24.6. The van der Waals surface area contributed by atoms with Crippen LogP contribution in [0.15, 0.2) is 18.2 Å². The first-order valence-electron chi connectivity index (χ1n) is 9.10. The molecule has 0 saturated heterocycles. The van der Waals surface area contributed by atoms with Crippen LogP contribution in [-0.4, -0.2) is 25.0 Å². The van der Waals surface area contributed by atoms with Gasteiger partial charge in [0.2, 0.25) is 11.8 Å². The van der Waals surface area contributed by atoms with Crippen LogP contribution in [0.4, 0.5) is 11.4 Å². The number of halogens is 1. The van der Waals surface area contributed by atoms with E-state index in [1.54, 1.807) is 25.3 Å². The molecule has 2 rings (SSSR count). The minimum atomic E-state index is -0.535. The van der Waals surface area contributed by atoms with E-state index in [1.165, 1.54) is 6.42 Å². The van der Waals surface area contributed by atoms with Gasteiger partial charge in [-0.25, -0.2) is 0 Å². The highest BCUT2D eigenvalue weighted by atomic mass is 35.5. The summed E-state index contributed by atoms with van der Waals surface area (Å²) in [5, 5.41) is 5.75. The van der Waals surface area contributed by atoms with Crippen LogP contribution in [-0.2, 0) is 9.59 Å². The summed E-state index contributed by atoms with van der Waals surface area (Å²) in [7, 11) is 1.56. The zero-order chi connectivity index (χ0) is 18.2. The van der Waals surface area contributed by atoms with E-state index in [0.29, 0.717) is 23.5 Å². The number of rotatable bonds is 7. The lowest BCUT2D eigenvalue weighted by Crippen LogP contribution is -2.35. The van der Waals surface area contributed by atoms with Gasteiger partial charge in [-0.1, -0.05) is 32.6 Å².